The lowest BCUT2D eigenvalue weighted by Gasteiger charge is -2.17. The molecule has 1 fully saturated rings. The largest absolute Gasteiger partial charge is 0.476 e. The molecule has 0 radical (unpaired) electrons. The predicted octanol–water partition coefficient (Wildman–Crippen LogP) is 3.82. The van der Waals surface area contributed by atoms with E-state index in [1.54, 1.807) is 12.1 Å². The van der Waals surface area contributed by atoms with Crippen molar-refractivity contribution in [1.29, 1.82) is 0 Å². The van der Waals surface area contributed by atoms with Gasteiger partial charge in [-0.3, -0.25) is 4.90 Å². The lowest BCUT2D eigenvalue weighted by molar-refractivity contribution is -0.134. The van der Waals surface area contributed by atoms with Crippen LogP contribution >= 0.6 is 11.6 Å². The van der Waals surface area contributed by atoms with Gasteiger partial charge in [0.25, 0.3) is 0 Å². The Bertz CT molecular complexity index is 793. The standard InChI is InChI=1S/C19H19ClFN3O2/c20-15-4-1-13(2-5-15)11-24-8-7-16(12-24)23-18-6-3-14(10-22-18)9-17(21)19(25)26/h1-6,9-10,16H,7-8,11-12H2,(H,22,23)(H,25,26)/b17-9-/t16-/m1/s1. The average molecular weight is 376 g/mol. The highest BCUT2D eigenvalue weighted by molar-refractivity contribution is 6.30. The smallest absolute Gasteiger partial charge is 0.364 e. The van der Waals surface area contributed by atoms with Crippen molar-refractivity contribution in [3.63, 3.8) is 0 Å². The van der Waals surface area contributed by atoms with Gasteiger partial charge in [0.15, 0.2) is 0 Å². The maximum absolute atomic E-state index is 13.1. The Balaban J connectivity index is 1.53. The van der Waals surface area contributed by atoms with E-state index in [0.717, 1.165) is 37.2 Å². The number of nitrogens with one attached hydrogen (secondary N) is 1. The molecular formula is C19H19ClFN3O2. The molecule has 0 saturated carbocycles. The zero-order valence-electron chi connectivity index (χ0n) is 14.0. The molecule has 1 atom stereocenters. The lowest BCUT2D eigenvalue weighted by Crippen LogP contribution is -2.26. The van der Waals surface area contributed by atoms with E-state index in [1.165, 1.54) is 11.8 Å². The van der Waals surface area contributed by atoms with Crippen LogP contribution in [0.25, 0.3) is 6.08 Å². The summed E-state index contributed by atoms with van der Waals surface area (Å²) in [6.07, 6.45) is 3.40. The number of anilines is 1. The molecule has 0 amide bonds. The molecule has 1 saturated heterocycles. The minimum absolute atomic E-state index is 0.284. The highest BCUT2D eigenvalue weighted by Gasteiger charge is 2.22. The van der Waals surface area contributed by atoms with Crippen molar-refractivity contribution in [3.05, 3.63) is 64.6 Å². The van der Waals surface area contributed by atoms with Gasteiger partial charge in [-0.2, -0.15) is 4.39 Å². The monoisotopic (exact) mass is 375 g/mol. The molecule has 2 heterocycles. The summed E-state index contributed by atoms with van der Waals surface area (Å²) in [5.41, 5.74) is 1.64. The van der Waals surface area contributed by atoms with E-state index in [4.69, 9.17) is 16.7 Å². The normalized spacial score (nSPS) is 18.1. The van der Waals surface area contributed by atoms with Gasteiger partial charge < -0.3 is 10.4 Å². The first-order valence-electron chi connectivity index (χ1n) is 8.29. The zero-order valence-corrected chi connectivity index (χ0v) is 14.8. The third-order valence-corrected chi connectivity index (χ3v) is 4.48. The highest BCUT2D eigenvalue weighted by atomic mass is 35.5. The number of rotatable bonds is 6. The summed E-state index contributed by atoms with van der Waals surface area (Å²) in [6.45, 7) is 2.77. The molecule has 136 valence electrons. The first-order valence-corrected chi connectivity index (χ1v) is 8.67. The van der Waals surface area contributed by atoms with Gasteiger partial charge in [-0.15, -0.1) is 0 Å². The van der Waals surface area contributed by atoms with Crippen LogP contribution < -0.4 is 5.32 Å². The summed E-state index contributed by atoms with van der Waals surface area (Å²) in [6, 6.07) is 11.5. The molecule has 26 heavy (non-hydrogen) atoms. The highest BCUT2D eigenvalue weighted by Crippen LogP contribution is 2.19. The quantitative estimate of drug-likeness (QED) is 0.751. The number of likely N-dealkylation sites (tertiary alicyclic amines) is 1. The van der Waals surface area contributed by atoms with E-state index in [9.17, 15) is 9.18 Å². The van der Waals surface area contributed by atoms with E-state index in [2.05, 4.69) is 15.2 Å². The van der Waals surface area contributed by atoms with Gasteiger partial charge in [0.2, 0.25) is 5.83 Å². The number of carboxylic acid groups (broad SMARTS) is 1. The van der Waals surface area contributed by atoms with Crippen LogP contribution in [-0.4, -0.2) is 40.1 Å². The first kappa shape index (κ1) is 18.4. The number of aliphatic carboxylic acids is 1. The fraction of sp³-hybridized carbons (Fsp3) is 0.263. The molecule has 1 aromatic carbocycles. The topological polar surface area (TPSA) is 65.5 Å². The molecular weight excluding hydrogens is 357 g/mol. The molecule has 2 N–H and O–H groups in total. The van der Waals surface area contributed by atoms with Gasteiger partial charge in [-0.25, -0.2) is 9.78 Å². The van der Waals surface area contributed by atoms with E-state index < -0.39 is 11.8 Å². The third-order valence-electron chi connectivity index (χ3n) is 4.23. The molecule has 2 aromatic rings. The van der Waals surface area contributed by atoms with Gasteiger partial charge in [0.05, 0.1) is 0 Å². The molecule has 7 heteroatoms. The second-order valence-electron chi connectivity index (χ2n) is 6.27. The summed E-state index contributed by atoms with van der Waals surface area (Å²) in [5, 5.41) is 12.6. The minimum atomic E-state index is -1.58. The van der Waals surface area contributed by atoms with E-state index >= 15 is 0 Å². The summed E-state index contributed by atoms with van der Waals surface area (Å²) < 4.78 is 13.1. The van der Waals surface area contributed by atoms with Gasteiger partial charge >= 0.3 is 5.97 Å². The van der Waals surface area contributed by atoms with Gasteiger partial charge in [0.1, 0.15) is 5.82 Å². The van der Waals surface area contributed by atoms with Crippen LogP contribution in [0.1, 0.15) is 17.5 Å². The summed E-state index contributed by atoms with van der Waals surface area (Å²) in [4.78, 5) is 17.1. The minimum Gasteiger partial charge on any atom is -0.476 e. The molecule has 1 aromatic heterocycles. The summed E-state index contributed by atoms with van der Waals surface area (Å²) >= 11 is 5.91. The molecule has 0 bridgehead atoms. The number of halogens is 2. The van der Waals surface area contributed by atoms with Gasteiger partial charge in [0, 0.05) is 36.9 Å². The fourth-order valence-electron chi connectivity index (χ4n) is 2.94. The van der Waals surface area contributed by atoms with Crippen molar-refractivity contribution in [2.75, 3.05) is 18.4 Å². The Morgan fingerprint density at radius 2 is 2.12 bits per heavy atom. The van der Waals surface area contributed by atoms with Gasteiger partial charge in [-0.1, -0.05) is 23.7 Å². The number of benzene rings is 1. The second-order valence-corrected chi connectivity index (χ2v) is 6.70. The van der Waals surface area contributed by atoms with Crippen molar-refractivity contribution >= 4 is 29.5 Å². The van der Waals surface area contributed by atoms with Crippen LogP contribution in [0, 0.1) is 0 Å². The number of pyridine rings is 1. The maximum Gasteiger partial charge on any atom is 0.364 e. The molecule has 0 aliphatic carbocycles. The number of hydrogen-bond donors (Lipinski definition) is 2. The Hall–Kier alpha value is -2.44. The van der Waals surface area contributed by atoms with Gasteiger partial charge in [-0.05, 0) is 47.9 Å². The Morgan fingerprint density at radius 3 is 2.77 bits per heavy atom. The molecule has 1 aliphatic heterocycles. The van der Waals surface area contributed by atoms with Crippen molar-refractivity contribution in [1.82, 2.24) is 9.88 Å². The average Bonchev–Trinajstić information content (AvgIpc) is 3.05. The van der Waals surface area contributed by atoms with E-state index in [1.807, 2.05) is 24.3 Å². The Kier molecular flexibility index (Phi) is 5.85. The van der Waals surface area contributed by atoms with E-state index in [-0.39, 0.29) is 6.04 Å². The third kappa shape index (κ3) is 5.03. The molecule has 1 aliphatic rings. The van der Waals surface area contributed by atoms with Crippen LogP contribution in [0.2, 0.25) is 5.02 Å². The van der Waals surface area contributed by atoms with Crippen LogP contribution in [0.3, 0.4) is 0 Å². The second kappa shape index (κ2) is 8.29. The van der Waals surface area contributed by atoms with Crippen molar-refractivity contribution in [2.45, 2.75) is 19.0 Å². The number of aromatic nitrogens is 1. The number of carbonyl (C=O) groups is 1. The maximum atomic E-state index is 13.1. The lowest BCUT2D eigenvalue weighted by atomic mass is 10.2. The Labute approximate surface area is 156 Å². The van der Waals surface area contributed by atoms with E-state index in [0.29, 0.717) is 11.4 Å². The Morgan fingerprint density at radius 1 is 1.35 bits per heavy atom. The van der Waals surface area contributed by atoms with Crippen molar-refractivity contribution in [3.8, 4) is 0 Å². The SMILES string of the molecule is O=C(O)/C(F)=C/c1ccc(N[C@@H]2CCN(Cc3ccc(Cl)cc3)C2)nc1. The number of hydrogen-bond acceptors (Lipinski definition) is 4. The molecule has 3 rings (SSSR count). The zero-order chi connectivity index (χ0) is 18.5. The van der Waals surface area contributed by atoms with Crippen LogP contribution in [0.5, 0.6) is 0 Å². The van der Waals surface area contributed by atoms with Crippen molar-refractivity contribution in [2.24, 2.45) is 0 Å². The number of carboxylic acids is 1. The van der Waals surface area contributed by atoms with Crippen LogP contribution in [0.15, 0.2) is 48.4 Å². The molecule has 5 nitrogen and oxygen atoms in total. The van der Waals surface area contributed by atoms with Crippen molar-refractivity contribution < 1.29 is 14.3 Å². The summed E-state index contributed by atoms with van der Waals surface area (Å²) in [7, 11) is 0. The van der Waals surface area contributed by atoms with Crippen LogP contribution in [0.4, 0.5) is 10.2 Å². The first-order chi connectivity index (χ1) is 12.5. The summed E-state index contributed by atoms with van der Waals surface area (Å²) in [5.74, 6) is -2.10. The molecule has 0 spiro atoms. The van der Waals surface area contributed by atoms with Crippen LogP contribution in [-0.2, 0) is 11.3 Å². The molecule has 0 unspecified atom stereocenters. The fourth-order valence-corrected chi connectivity index (χ4v) is 3.06. The predicted molar refractivity (Wildman–Crippen MR) is 99.7 cm³/mol. The number of nitrogens with zero attached hydrogens (tertiary/aromatic N) is 2.